The molecule has 7 nitrogen and oxygen atoms in total. The smallest absolute Gasteiger partial charge is 0.408 e. The van der Waals surface area contributed by atoms with E-state index in [0.717, 1.165) is 32.5 Å². The van der Waals surface area contributed by atoms with Crippen LogP contribution in [0, 0.1) is 0 Å². The first-order chi connectivity index (χ1) is 13.4. The van der Waals surface area contributed by atoms with E-state index in [2.05, 4.69) is 33.9 Å². The van der Waals surface area contributed by atoms with Crippen LogP contribution in [0.1, 0.15) is 17.5 Å². The number of hydrogen-bond acceptors (Lipinski definition) is 5. The lowest BCUT2D eigenvalue weighted by Crippen LogP contribution is -2.33. The van der Waals surface area contributed by atoms with Crippen LogP contribution in [-0.4, -0.2) is 37.5 Å². The zero-order valence-corrected chi connectivity index (χ0v) is 16.5. The summed E-state index contributed by atoms with van der Waals surface area (Å²) >= 11 is 0. The fourth-order valence-corrected chi connectivity index (χ4v) is 4.71. The summed E-state index contributed by atoms with van der Waals surface area (Å²) in [6, 6.07) is 12.9. The van der Waals surface area contributed by atoms with Crippen LogP contribution in [0.25, 0.3) is 11.1 Å². The summed E-state index contributed by atoms with van der Waals surface area (Å²) in [5.74, 6) is -0.513. The van der Waals surface area contributed by atoms with Gasteiger partial charge in [0, 0.05) is 32.7 Å². The molecule has 0 unspecified atom stereocenters. The third-order valence-corrected chi connectivity index (χ3v) is 6.69. The summed E-state index contributed by atoms with van der Waals surface area (Å²) in [5, 5.41) is 0. The number of nitrogens with one attached hydrogen (secondary N) is 1. The van der Waals surface area contributed by atoms with Gasteiger partial charge in [-0.3, -0.25) is 9.47 Å². The Morgan fingerprint density at radius 1 is 1.14 bits per heavy atom. The van der Waals surface area contributed by atoms with E-state index in [4.69, 9.17) is 4.42 Å². The highest BCUT2D eigenvalue weighted by molar-refractivity contribution is 7.89. The lowest BCUT2D eigenvalue weighted by molar-refractivity contribution is 0.251. The monoisotopic (exact) mass is 401 g/mol. The van der Waals surface area contributed by atoms with Crippen molar-refractivity contribution in [2.45, 2.75) is 24.3 Å². The molecule has 28 heavy (non-hydrogen) atoms. The van der Waals surface area contributed by atoms with E-state index in [1.807, 2.05) is 0 Å². The SMILES string of the molecule is Cn1c(=O)oc2cc(S(=O)(=O)NCCCN3CCc4ccccc4C3)ccc21. The van der Waals surface area contributed by atoms with Crippen LogP contribution < -0.4 is 10.5 Å². The summed E-state index contributed by atoms with van der Waals surface area (Å²) in [6.45, 7) is 3.10. The lowest BCUT2D eigenvalue weighted by atomic mass is 10.00. The largest absolute Gasteiger partial charge is 0.419 e. The quantitative estimate of drug-likeness (QED) is 0.638. The van der Waals surface area contributed by atoms with Gasteiger partial charge in [-0.2, -0.15) is 0 Å². The fraction of sp³-hybridized carbons (Fsp3) is 0.350. The Morgan fingerprint density at radius 2 is 1.93 bits per heavy atom. The normalized spacial score (nSPS) is 15.0. The van der Waals surface area contributed by atoms with Crippen molar-refractivity contribution < 1.29 is 12.8 Å². The van der Waals surface area contributed by atoms with Crippen LogP contribution in [0.15, 0.2) is 56.6 Å². The molecule has 0 aliphatic carbocycles. The van der Waals surface area contributed by atoms with Gasteiger partial charge in [0.2, 0.25) is 10.0 Å². The molecule has 1 N–H and O–H groups in total. The molecule has 8 heteroatoms. The Kier molecular flexibility index (Phi) is 5.09. The van der Waals surface area contributed by atoms with Gasteiger partial charge in [-0.1, -0.05) is 24.3 Å². The van der Waals surface area contributed by atoms with Gasteiger partial charge in [0.05, 0.1) is 10.4 Å². The maximum Gasteiger partial charge on any atom is 0.419 e. The highest BCUT2D eigenvalue weighted by Crippen LogP contribution is 2.19. The summed E-state index contributed by atoms with van der Waals surface area (Å²) in [5.41, 5.74) is 3.59. The molecule has 2 aromatic carbocycles. The van der Waals surface area contributed by atoms with Crippen LogP contribution in [0.5, 0.6) is 0 Å². The molecule has 1 aromatic heterocycles. The zero-order chi connectivity index (χ0) is 19.7. The first-order valence-corrected chi connectivity index (χ1v) is 10.8. The Morgan fingerprint density at radius 3 is 2.75 bits per heavy atom. The maximum atomic E-state index is 12.5. The number of oxazole rings is 1. The van der Waals surface area contributed by atoms with Crippen LogP contribution >= 0.6 is 0 Å². The number of sulfonamides is 1. The van der Waals surface area contributed by atoms with E-state index < -0.39 is 15.8 Å². The van der Waals surface area contributed by atoms with Crippen LogP contribution in [0.2, 0.25) is 0 Å². The molecular formula is C20H23N3O4S. The Balaban J connectivity index is 1.34. The van der Waals surface area contributed by atoms with Crippen molar-refractivity contribution in [3.05, 3.63) is 64.1 Å². The van der Waals surface area contributed by atoms with E-state index in [1.54, 1.807) is 13.1 Å². The van der Waals surface area contributed by atoms with Crippen molar-refractivity contribution in [3.8, 4) is 0 Å². The summed E-state index contributed by atoms with van der Waals surface area (Å²) in [7, 11) is -2.06. The first kappa shape index (κ1) is 18.9. The fourth-order valence-electron chi connectivity index (χ4n) is 3.62. The standard InChI is InChI=1S/C20H23N3O4S/c1-22-18-8-7-17(13-19(18)27-20(22)24)28(25,26)21-10-4-11-23-12-9-15-5-2-3-6-16(15)14-23/h2-3,5-8,13,21H,4,9-12,14H2,1H3. The molecule has 3 aromatic rings. The molecule has 0 amide bonds. The molecule has 4 rings (SSSR count). The van der Waals surface area contributed by atoms with Gasteiger partial charge in [-0.25, -0.2) is 17.9 Å². The number of aryl methyl sites for hydroxylation is 1. The van der Waals surface area contributed by atoms with E-state index >= 15 is 0 Å². The van der Waals surface area contributed by atoms with Crippen molar-refractivity contribution >= 4 is 21.1 Å². The second kappa shape index (κ2) is 7.54. The minimum Gasteiger partial charge on any atom is -0.408 e. The number of aromatic nitrogens is 1. The molecule has 0 saturated heterocycles. The number of fused-ring (bicyclic) bond motifs is 2. The summed E-state index contributed by atoms with van der Waals surface area (Å²) < 4.78 is 34.1. The molecular weight excluding hydrogens is 378 g/mol. The van der Waals surface area contributed by atoms with Gasteiger partial charge in [0.1, 0.15) is 0 Å². The van der Waals surface area contributed by atoms with E-state index in [1.165, 1.54) is 27.8 Å². The van der Waals surface area contributed by atoms with Gasteiger partial charge in [-0.05, 0) is 42.6 Å². The number of benzene rings is 2. The summed E-state index contributed by atoms with van der Waals surface area (Å²) in [6.07, 6.45) is 1.76. The highest BCUT2D eigenvalue weighted by Gasteiger charge is 2.18. The Labute approximate surface area is 163 Å². The molecule has 0 radical (unpaired) electrons. The molecule has 1 aliphatic rings. The van der Waals surface area contributed by atoms with Crippen molar-refractivity contribution in [1.29, 1.82) is 0 Å². The predicted octanol–water partition coefficient (Wildman–Crippen LogP) is 1.86. The van der Waals surface area contributed by atoms with Gasteiger partial charge in [-0.15, -0.1) is 0 Å². The maximum absolute atomic E-state index is 12.5. The minimum absolute atomic E-state index is 0.0984. The second-order valence-electron chi connectivity index (χ2n) is 7.10. The Bertz CT molecular complexity index is 1160. The van der Waals surface area contributed by atoms with Crippen molar-refractivity contribution in [2.75, 3.05) is 19.6 Å². The lowest BCUT2D eigenvalue weighted by Gasteiger charge is -2.28. The molecule has 0 bridgehead atoms. The molecule has 1 aliphatic heterocycles. The average Bonchev–Trinajstić information content (AvgIpc) is 2.98. The molecule has 0 fully saturated rings. The molecule has 148 valence electrons. The van der Waals surface area contributed by atoms with Gasteiger partial charge < -0.3 is 4.42 Å². The topological polar surface area (TPSA) is 84.5 Å². The second-order valence-corrected chi connectivity index (χ2v) is 8.87. The number of rotatable bonds is 6. The van der Waals surface area contributed by atoms with Crippen LogP contribution in [0.3, 0.4) is 0 Å². The molecule has 0 atom stereocenters. The van der Waals surface area contributed by atoms with Crippen molar-refractivity contribution in [1.82, 2.24) is 14.2 Å². The van der Waals surface area contributed by atoms with Crippen molar-refractivity contribution in [2.24, 2.45) is 7.05 Å². The molecule has 0 spiro atoms. The predicted molar refractivity (Wildman–Crippen MR) is 107 cm³/mol. The molecule has 0 saturated carbocycles. The minimum atomic E-state index is -3.65. The third-order valence-electron chi connectivity index (χ3n) is 5.23. The average molecular weight is 401 g/mol. The number of hydrogen-bond donors (Lipinski definition) is 1. The number of nitrogens with zero attached hydrogens (tertiary/aromatic N) is 2. The molecule has 2 heterocycles. The van der Waals surface area contributed by atoms with Gasteiger partial charge in [0.25, 0.3) is 0 Å². The highest BCUT2D eigenvalue weighted by atomic mass is 32.2. The summed E-state index contributed by atoms with van der Waals surface area (Å²) in [4.78, 5) is 14.0. The first-order valence-electron chi connectivity index (χ1n) is 9.32. The van der Waals surface area contributed by atoms with E-state index in [-0.39, 0.29) is 10.5 Å². The van der Waals surface area contributed by atoms with Gasteiger partial charge in [0.15, 0.2) is 5.58 Å². The zero-order valence-electron chi connectivity index (χ0n) is 15.7. The van der Waals surface area contributed by atoms with E-state index in [9.17, 15) is 13.2 Å². The van der Waals surface area contributed by atoms with Crippen molar-refractivity contribution in [3.63, 3.8) is 0 Å². The van der Waals surface area contributed by atoms with Crippen LogP contribution in [-0.2, 0) is 30.0 Å². The third kappa shape index (κ3) is 3.76. The Hall–Kier alpha value is -2.42. The van der Waals surface area contributed by atoms with Gasteiger partial charge >= 0.3 is 5.76 Å². The van der Waals surface area contributed by atoms with Crippen LogP contribution in [0.4, 0.5) is 0 Å². The van der Waals surface area contributed by atoms with E-state index in [0.29, 0.717) is 12.1 Å².